The second-order valence-corrected chi connectivity index (χ2v) is 7.40. The largest absolute Gasteiger partial charge is 0.486 e. The van der Waals surface area contributed by atoms with Crippen LogP contribution in [0.25, 0.3) is 0 Å². The highest BCUT2D eigenvalue weighted by Crippen LogP contribution is 2.31. The first kappa shape index (κ1) is 18.7. The molecule has 0 aliphatic carbocycles. The fourth-order valence-corrected chi connectivity index (χ4v) is 3.93. The Hall–Kier alpha value is -2.69. The molecule has 1 N–H and O–H groups in total. The van der Waals surface area contributed by atoms with Gasteiger partial charge in [0.2, 0.25) is 5.91 Å². The van der Waals surface area contributed by atoms with Gasteiger partial charge in [-0.1, -0.05) is 24.3 Å². The van der Waals surface area contributed by atoms with Gasteiger partial charge in [0.05, 0.1) is 0 Å². The van der Waals surface area contributed by atoms with Crippen molar-refractivity contribution in [2.75, 3.05) is 37.7 Å². The van der Waals surface area contributed by atoms with Gasteiger partial charge in [-0.2, -0.15) is 0 Å². The van der Waals surface area contributed by atoms with Crippen LogP contribution in [0.5, 0.6) is 11.5 Å². The Labute approximate surface area is 166 Å². The molecule has 2 aliphatic heterocycles. The van der Waals surface area contributed by atoms with Crippen LogP contribution in [0.15, 0.2) is 42.5 Å². The average molecular weight is 380 g/mol. The predicted octanol–water partition coefficient (Wildman–Crippen LogP) is 3.35. The summed E-state index contributed by atoms with van der Waals surface area (Å²) in [6, 6.07) is 14.6. The molecular weight excluding hydrogens is 352 g/mol. The summed E-state index contributed by atoms with van der Waals surface area (Å²) in [4.78, 5) is 14.6. The zero-order valence-electron chi connectivity index (χ0n) is 16.3. The van der Waals surface area contributed by atoms with Crippen molar-refractivity contribution in [3.05, 3.63) is 53.6 Å². The molecule has 0 saturated carbocycles. The lowest BCUT2D eigenvalue weighted by atomic mass is 10.0. The second kappa shape index (κ2) is 9.00. The smallest absolute Gasteiger partial charge is 0.220 e. The van der Waals surface area contributed by atoms with Gasteiger partial charge in [0.1, 0.15) is 13.2 Å². The Morgan fingerprint density at radius 1 is 1.07 bits per heavy atom. The van der Waals surface area contributed by atoms with E-state index >= 15 is 0 Å². The monoisotopic (exact) mass is 380 g/mol. The van der Waals surface area contributed by atoms with Gasteiger partial charge < -0.3 is 19.7 Å². The summed E-state index contributed by atoms with van der Waals surface area (Å²) < 4.78 is 11.1. The van der Waals surface area contributed by atoms with Crippen molar-refractivity contribution >= 4 is 11.6 Å². The minimum Gasteiger partial charge on any atom is -0.486 e. The number of amides is 1. The highest BCUT2D eigenvalue weighted by molar-refractivity contribution is 5.76. The van der Waals surface area contributed by atoms with Gasteiger partial charge >= 0.3 is 0 Å². The van der Waals surface area contributed by atoms with E-state index in [1.165, 1.54) is 24.1 Å². The van der Waals surface area contributed by atoms with Crippen LogP contribution < -0.4 is 19.7 Å². The third kappa shape index (κ3) is 4.58. The van der Waals surface area contributed by atoms with Crippen LogP contribution in [0, 0.1) is 0 Å². The SMILES string of the molecule is O=C(CCc1ccc2c(c1)OCCO2)NCCCN1CCCc2ccccc21. The summed E-state index contributed by atoms with van der Waals surface area (Å²) in [5.74, 6) is 1.68. The Balaban J connectivity index is 1.18. The number of rotatable bonds is 7. The summed E-state index contributed by atoms with van der Waals surface area (Å²) in [5, 5.41) is 3.06. The molecule has 0 saturated heterocycles. The number of carbonyl (C=O) groups is 1. The zero-order valence-corrected chi connectivity index (χ0v) is 16.3. The van der Waals surface area contributed by atoms with Crippen LogP contribution in [0.3, 0.4) is 0 Å². The first-order chi connectivity index (χ1) is 13.8. The maximum Gasteiger partial charge on any atom is 0.220 e. The number of aryl methyl sites for hydroxylation is 2. The number of carbonyl (C=O) groups excluding carboxylic acids is 1. The van der Waals surface area contributed by atoms with Crippen LogP contribution in [0.4, 0.5) is 5.69 Å². The van der Waals surface area contributed by atoms with Crippen LogP contribution in [0.2, 0.25) is 0 Å². The minimum atomic E-state index is 0.105. The van der Waals surface area contributed by atoms with Crippen molar-refractivity contribution in [2.45, 2.75) is 32.1 Å². The number of hydrogen-bond acceptors (Lipinski definition) is 4. The Morgan fingerprint density at radius 2 is 1.93 bits per heavy atom. The first-order valence-electron chi connectivity index (χ1n) is 10.3. The summed E-state index contributed by atoms with van der Waals surface area (Å²) in [5.41, 5.74) is 3.90. The summed E-state index contributed by atoms with van der Waals surface area (Å²) >= 11 is 0. The molecule has 2 aromatic rings. The predicted molar refractivity (Wildman–Crippen MR) is 110 cm³/mol. The van der Waals surface area contributed by atoms with E-state index in [0.717, 1.165) is 43.1 Å². The van der Waals surface area contributed by atoms with Gasteiger partial charge in [0.25, 0.3) is 0 Å². The molecule has 148 valence electrons. The van der Waals surface area contributed by atoms with Crippen molar-refractivity contribution in [1.82, 2.24) is 5.32 Å². The molecule has 0 spiro atoms. The van der Waals surface area contributed by atoms with Gasteiger partial charge in [0.15, 0.2) is 11.5 Å². The van der Waals surface area contributed by atoms with E-state index in [1.807, 2.05) is 18.2 Å². The number of benzene rings is 2. The molecule has 5 heteroatoms. The summed E-state index contributed by atoms with van der Waals surface area (Å²) in [7, 11) is 0. The van der Waals surface area contributed by atoms with Crippen molar-refractivity contribution < 1.29 is 14.3 Å². The standard InChI is InChI=1S/C23H28N2O3/c26-23(11-9-18-8-10-21-22(17-18)28-16-15-27-21)24-12-4-14-25-13-3-6-19-5-1-2-7-20(19)25/h1-2,5,7-8,10,17H,3-4,6,9,11-16H2,(H,24,26). The topological polar surface area (TPSA) is 50.8 Å². The van der Waals surface area contributed by atoms with Crippen molar-refractivity contribution in [3.63, 3.8) is 0 Å². The number of hydrogen-bond donors (Lipinski definition) is 1. The van der Waals surface area contributed by atoms with Gasteiger partial charge in [-0.25, -0.2) is 0 Å². The number of para-hydroxylation sites is 1. The van der Waals surface area contributed by atoms with Gasteiger partial charge in [-0.05, 0) is 55.0 Å². The molecule has 0 aromatic heterocycles. The number of nitrogens with zero attached hydrogens (tertiary/aromatic N) is 1. The maximum atomic E-state index is 12.2. The van der Waals surface area contributed by atoms with E-state index in [-0.39, 0.29) is 5.91 Å². The van der Waals surface area contributed by atoms with Gasteiger partial charge in [-0.15, -0.1) is 0 Å². The lowest BCUT2D eigenvalue weighted by Crippen LogP contribution is -2.33. The molecule has 0 unspecified atom stereocenters. The molecule has 2 heterocycles. The Morgan fingerprint density at radius 3 is 2.86 bits per heavy atom. The van der Waals surface area contributed by atoms with Crippen LogP contribution >= 0.6 is 0 Å². The zero-order chi connectivity index (χ0) is 19.2. The van der Waals surface area contributed by atoms with Gasteiger partial charge in [-0.3, -0.25) is 4.79 Å². The van der Waals surface area contributed by atoms with Gasteiger partial charge in [0, 0.05) is 31.7 Å². The quantitative estimate of drug-likeness (QED) is 0.749. The Bertz CT molecular complexity index is 821. The highest BCUT2D eigenvalue weighted by atomic mass is 16.6. The molecule has 0 fully saturated rings. The molecule has 2 aliphatic rings. The summed E-state index contributed by atoms with van der Waals surface area (Å²) in [6.07, 6.45) is 4.54. The fraction of sp³-hybridized carbons (Fsp3) is 0.435. The van der Waals surface area contributed by atoms with E-state index in [1.54, 1.807) is 0 Å². The summed E-state index contributed by atoms with van der Waals surface area (Å²) in [6.45, 7) is 3.99. The molecule has 28 heavy (non-hydrogen) atoms. The molecule has 0 radical (unpaired) electrons. The lowest BCUT2D eigenvalue weighted by Gasteiger charge is -2.31. The van der Waals surface area contributed by atoms with E-state index in [4.69, 9.17) is 9.47 Å². The van der Waals surface area contributed by atoms with Crippen molar-refractivity contribution in [2.24, 2.45) is 0 Å². The Kier molecular flexibility index (Phi) is 6.00. The second-order valence-electron chi connectivity index (χ2n) is 7.40. The molecule has 2 aromatic carbocycles. The molecule has 1 amide bonds. The molecular formula is C23H28N2O3. The molecule has 0 bridgehead atoms. The molecule has 4 rings (SSSR count). The number of fused-ring (bicyclic) bond motifs is 2. The highest BCUT2D eigenvalue weighted by Gasteiger charge is 2.16. The number of anilines is 1. The molecule has 0 atom stereocenters. The third-order valence-electron chi connectivity index (χ3n) is 5.38. The third-order valence-corrected chi connectivity index (χ3v) is 5.38. The lowest BCUT2D eigenvalue weighted by molar-refractivity contribution is -0.121. The van der Waals surface area contributed by atoms with Crippen LogP contribution in [0.1, 0.15) is 30.4 Å². The number of ether oxygens (including phenoxy) is 2. The minimum absolute atomic E-state index is 0.105. The van der Waals surface area contributed by atoms with E-state index in [0.29, 0.717) is 26.1 Å². The van der Waals surface area contributed by atoms with E-state index in [9.17, 15) is 4.79 Å². The first-order valence-corrected chi connectivity index (χ1v) is 10.3. The maximum absolute atomic E-state index is 12.2. The normalized spacial score (nSPS) is 15.1. The van der Waals surface area contributed by atoms with Crippen LogP contribution in [-0.2, 0) is 17.6 Å². The van der Waals surface area contributed by atoms with Crippen LogP contribution in [-0.4, -0.2) is 38.8 Å². The van der Waals surface area contributed by atoms with E-state index < -0.39 is 0 Å². The van der Waals surface area contributed by atoms with E-state index in [2.05, 4.69) is 34.5 Å². The fourth-order valence-electron chi connectivity index (χ4n) is 3.93. The average Bonchev–Trinajstić information content (AvgIpc) is 2.75. The molecule has 5 nitrogen and oxygen atoms in total. The van der Waals surface area contributed by atoms with Crippen molar-refractivity contribution in [3.8, 4) is 11.5 Å². The van der Waals surface area contributed by atoms with Crippen molar-refractivity contribution in [1.29, 1.82) is 0 Å². The number of nitrogens with one attached hydrogen (secondary N) is 1.